The molecule has 132 valence electrons. The van der Waals surface area contributed by atoms with Crippen molar-refractivity contribution in [2.24, 2.45) is 4.99 Å². The number of ether oxygens (including phenoxy) is 1. The molecule has 2 rings (SSSR count). The monoisotopic (exact) mass is 460 g/mol. The van der Waals surface area contributed by atoms with E-state index in [4.69, 9.17) is 4.74 Å². The van der Waals surface area contributed by atoms with Gasteiger partial charge >= 0.3 is 0 Å². The molecule has 0 radical (unpaired) electrons. The number of aryl methyl sites for hydroxylation is 1. The first kappa shape index (κ1) is 20.9. The molecule has 7 heteroatoms. The van der Waals surface area contributed by atoms with E-state index in [1.807, 2.05) is 18.2 Å². The molecule has 0 bridgehead atoms. The molecule has 0 fully saturated rings. The molecule has 24 heavy (non-hydrogen) atoms. The van der Waals surface area contributed by atoms with Crippen LogP contribution in [0.2, 0.25) is 0 Å². The topological polar surface area (TPSA) is 58.5 Å². The molecule has 2 aromatic rings. The van der Waals surface area contributed by atoms with E-state index in [0.717, 1.165) is 18.1 Å². The Kier molecular flexibility index (Phi) is 10.6. The predicted octanol–water partition coefficient (Wildman–Crippen LogP) is 3.21. The van der Waals surface area contributed by atoms with E-state index >= 15 is 0 Å². The zero-order chi connectivity index (χ0) is 16.3. The van der Waals surface area contributed by atoms with Gasteiger partial charge in [0.2, 0.25) is 0 Å². The lowest BCUT2D eigenvalue weighted by molar-refractivity contribution is 0.125. The molecule has 2 N–H and O–H groups in total. The lowest BCUT2D eigenvalue weighted by Gasteiger charge is -2.11. The summed E-state index contributed by atoms with van der Waals surface area (Å²) in [4.78, 5) is 8.73. The zero-order valence-electron chi connectivity index (χ0n) is 14.1. The van der Waals surface area contributed by atoms with E-state index < -0.39 is 0 Å². The SMILES string of the molecule is CCc1nc(CNC(=NC)NCCOCc2ccccc2)cs1.I. The van der Waals surface area contributed by atoms with Crippen LogP contribution in [0.1, 0.15) is 23.2 Å². The molecule has 0 atom stereocenters. The summed E-state index contributed by atoms with van der Waals surface area (Å²) in [7, 11) is 1.76. The van der Waals surface area contributed by atoms with Gasteiger partial charge in [0.25, 0.3) is 0 Å². The van der Waals surface area contributed by atoms with Crippen molar-refractivity contribution in [3.05, 3.63) is 52.0 Å². The fourth-order valence-corrected chi connectivity index (χ4v) is 2.74. The van der Waals surface area contributed by atoms with Crippen molar-refractivity contribution < 1.29 is 4.74 Å². The molecule has 1 heterocycles. The van der Waals surface area contributed by atoms with Crippen molar-refractivity contribution in [2.45, 2.75) is 26.5 Å². The standard InChI is InChI=1S/C17H24N4OS.HI/c1-3-16-21-15(13-23-16)11-20-17(18-2)19-9-10-22-12-14-7-5-4-6-8-14;/h4-8,13H,3,9-12H2,1-2H3,(H2,18,19,20);1H. The number of nitrogens with zero attached hydrogens (tertiary/aromatic N) is 2. The lowest BCUT2D eigenvalue weighted by atomic mass is 10.2. The summed E-state index contributed by atoms with van der Waals surface area (Å²) in [6, 6.07) is 10.2. The van der Waals surface area contributed by atoms with Crippen molar-refractivity contribution in [2.75, 3.05) is 20.2 Å². The minimum atomic E-state index is 0. The lowest BCUT2D eigenvalue weighted by Crippen LogP contribution is -2.38. The average Bonchev–Trinajstić information content (AvgIpc) is 3.06. The number of hydrogen-bond donors (Lipinski definition) is 2. The van der Waals surface area contributed by atoms with Gasteiger partial charge in [-0.15, -0.1) is 35.3 Å². The number of hydrogen-bond acceptors (Lipinski definition) is 4. The van der Waals surface area contributed by atoms with Crippen LogP contribution in [0.5, 0.6) is 0 Å². The second-order valence-electron chi connectivity index (χ2n) is 4.98. The van der Waals surface area contributed by atoms with Crippen LogP contribution < -0.4 is 10.6 Å². The molecule has 0 aliphatic rings. The van der Waals surface area contributed by atoms with E-state index in [1.165, 1.54) is 10.6 Å². The number of nitrogens with one attached hydrogen (secondary N) is 2. The zero-order valence-corrected chi connectivity index (χ0v) is 17.3. The molecule has 1 aromatic heterocycles. The van der Waals surface area contributed by atoms with Crippen molar-refractivity contribution >= 4 is 41.3 Å². The number of rotatable bonds is 8. The summed E-state index contributed by atoms with van der Waals surface area (Å²) in [6.45, 7) is 4.77. The van der Waals surface area contributed by atoms with Crippen molar-refractivity contribution in [3.63, 3.8) is 0 Å². The molecule has 5 nitrogen and oxygen atoms in total. The molecule has 0 aliphatic carbocycles. The van der Waals surface area contributed by atoms with E-state index in [1.54, 1.807) is 18.4 Å². The van der Waals surface area contributed by atoms with Crippen LogP contribution in [0.25, 0.3) is 0 Å². The van der Waals surface area contributed by atoms with Crippen LogP contribution in [-0.4, -0.2) is 31.1 Å². The van der Waals surface area contributed by atoms with Crippen molar-refractivity contribution in [1.29, 1.82) is 0 Å². The highest BCUT2D eigenvalue weighted by Crippen LogP contribution is 2.09. The first-order valence-corrected chi connectivity index (χ1v) is 8.69. The minimum absolute atomic E-state index is 0. The highest BCUT2D eigenvalue weighted by Gasteiger charge is 2.02. The molecule has 0 spiro atoms. The fourth-order valence-electron chi connectivity index (χ4n) is 1.99. The van der Waals surface area contributed by atoms with Crippen molar-refractivity contribution in [3.8, 4) is 0 Å². The van der Waals surface area contributed by atoms with Crippen LogP contribution in [0, 0.1) is 0 Å². The van der Waals surface area contributed by atoms with E-state index in [2.05, 4.69) is 45.0 Å². The minimum Gasteiger partial charge on any atom is -0.375 e. The third-order valence-corrected chi connectivity index (χ3v) is 4.25. The molecule has 0 saturated heterocycles. The smallest absolute Gasteiger partial charge is 0.191 e. The number of aliphatic imine (C=N–C) groups is 1. The maximum absolute atomic E-state index is 5.64. The number of aromatic nitrogens is 1. The fraction of sp³-hybridized carbons (Fsp3) is 0.412. The Balaban J connectivity index is 0.00000288. The van der Waals surface area contributed by atoms with Gasteiger partial charge in [0.05, 0.1) is 30.5 Å². The van der Waals surface area contributed by atoms with Crippen LogP contribution in [-0.2, 0) is 24.3 Å². The number of thiazole rings is 1. The van der Waals surface area contributed by atoms with Gasteiger partial charge in [-0.1, -0.05) is 37.3 Å². The van der Waals surface area contributed by atoms with Gasteiger partial charge in [0.15, 0.2) is 5.96 Å². The van der Waals surface area contributed by atoms with Gasteiger partial charge in [-0.25, -0.2) is 4.98 Å². The highest BCUT2D eigenvalue weighted by atomic mass is 127. The molecule has 0 unspecified atom stereocenters. The molecular formula is C17H25IN4OS. The van der Waals surface area contributed by atoms with Gasteiger partial charge in [-0.05, 0) is 12.0 Å². The number of guanidine groups is 1. The largest absolute Gasteiger partial charge is 0.375 e. The van der Waals surface area contributed by atoms with E-state index in [0.29, 0.717) is 26.3 Å². The summed E-state index contributed by atoms with van der Waals surface area (Å²) in [5.74, 6) is 0.763. The second-order valence-corrected chi connectivity index (χ2v) is 5.92. The maximum Gasteiger partial charge on any atom is 0.191 e. The first-order valence-electron chi connectivity index (χ1n) is 7.81. The Hall–Kier alpha value is -1.19. The normalized spacial score (nSPS) is 11.0. The predicted molar refractivity (Wildman–Crippen MR) is 111 cm³/mol. The molecule has 0 aliphatic heterocycles. The van der Waals surface area contributed by atoms with E-state index in [9.17, 15) is 0 Å². The Bertz CT molecular complexity index is 604. The number of halogens is 1. The quantitative estimate of drug-likeness (QED) is 0.275. The van der Waals surface area contributed by atoms with Crippen LogP contribution >= 0.6 is 35.3 Å². The summed E-state index contributed by atoms with van der Waals surface area (Å²) in [6.07, 6.45) is 0.983. The second kappa shape index (κ2) is 12.2. The highest BCUT2D eigenvalue weighted by molar-refractivity contribution is 14.0. The summed E-state index contributed by atoms with van der Waals surface area (Å²) in [5.41, 5.74) is 2.24. The third-order valence-electron chi connectivity index (χ3n) is 3.21. The molecule has 0 amide bonds. The van der Waals surface area contributed by atoms with E-state index in [-0.39, 0.29) is 24.0 Å². The Morgan fingerprint density at radius 2 is 2.04 bits per heavy atom. The van der Waals surface area contributed by atoms with Crippen LogP contribution in [0.4, 0.5) is 0 Å². The summed E-state index contributed by atoms with van der Waals surface area (Å²) >= 11 is 1.70. The molecular weight excluding hydrogens is 435 g/mol. The number of benzene rings is 1. The Morgan fingerprint density at radius 3 is 2.71 bits per heavy atom. The Labute approximate surface area is 165 Å². The average molecular weight is 460 g/mol. The van der Waals surface area contributed by atoms with Gasteiger partial charge in [-0.2, -0.15) is 0 Å². The molecule has 0 saturated carbocycles. The maximum atomic E-state index is 5.64. The third kappa shape index (κ3) is 7.59. The van der Waals surface area contributed by atoms with Gasteiger partial charge in [0.1, 0.15) is 0 Å². The van der Waals surface area contributed by atoms with Crippen LogP contribution in [0.15, 0.2) is 40.7 Å². The van der Waals surface area contributed by atoms with Crippen molar-refractivity contribution in [1.82, 2.24) is 15.6 Å². The summed E-state index contributed by atoms with van der Waals surface area (Å²) < 4.78 is 5.64. The van der Waals surface area contributed by atoms with Gasteiger partial charge in [-0.3, -0.25) is 4.99 Å². The van der Waals surface area contributed by atoms with Crippen LogP contribution in [0.3, 0.4) is 0 Å². The summed E-state index contributed by atoms with van der Waals surface area (Å²) in [5, 5.41) is 9.75. The Morgan fingerprint density at radius 1 is 1.25 bits per heavy atom. The van der Waals surface area contributed by atoms with Gasteiger partial charge in [0, 0.05) is 19.0 Å². The first-order chi connectivity index (χ1) is 11.3. The molecule has 1 aromatic carbocycles. The van der Waals surface area contributed by atoms with Gasteiger partial charge < -0.3 is 15.4 Å².